The number of nitrogen functional groups attached to an aromatic ring is 1. The molecule has 0 fully saturated rings. The summed E-state index contributed by atoms with van der Waals surface area (Å²) in [5, 5.41) is 7.98. The molecule has 0 aliphatic rings. The molecule has 0 bridgehead atoms. The maximum Gasteiger partial charge on any atom is 0.263 e. The monoisotopic (exact) mass is 325 g/mol. The average molecular weight is 326 g/mol. The van der Waals surface area contributed by atoms with Crippen LogP contribution in [0.4, 0.5) is 5.82 Å². The van der Waals surface area contributed by atoms with Gasteiger partial charge in [0.05, 0.1) is 14.9 Å². The summed E-state index contributed by atoms with van der Waals surface area (Å²) in [5.74, 6) is 1.42. The van der Waals surface area contributed by atoms with Crippen molar-refractivity contribution >= 4 is 33.1 Å². The van der Waals surface area contributed by atoms with Gasteiger partial charge >= 0.3 is 0 Å². The van der Waals surface area contributed by atoms with Crippen LogP contribution in [0.3, 0.4) is 0 Å². The van der Waals surface area contributed by atoms with Crippen LogP contribution in [-0.2, 0) is 7.05 Å². The molecule has 0 unspecified atom stereocenters. The third-order valence-corrected chi connectivity index (χ3v) is 4.05. The molecule has 6 nitrogen and oxygen atoms in total. The quantitative estimate of drug-likeness (QED) is 0.782. The number of rotatable bonds is 2. The van der Waals surface area contributed by atoms with Gasteiger partial charge in [0.25, 0.3) is 5.89 Å². The highest BCUT2D eigenvalue weighted by atomic mass is 79.9. The minimum absolute atomic E-state index is 0.375. The molecule has 92 valence electrons. The second-order valence-corrected chi connectivity index (χ2v) is 6.06. The molecule has 8 heteroatoms. The van der Waals surface area contributed by atoms with Crippen molar-refractivity contribution in [1.29, 1.82) is 0 Å². The maximum absolute atomic E-state index is 5.85. The molecule has 0 spiro atoms. The molecule has 0 radical (unpaired) electrons. The molecule has 0 aliphatic carbocycles. The summed E-state index contributed by atoms with van der Waals surface area (Å²) in [6, 6.07) is 3.87. The number of aryl methyl sites for hydroxylation is 1. The zero-order valence-electron chi connectivity index (χ0n) is 9.29. The number of halogens is 1. The molecule has 0 saturated carbocycles. The molecule has 0 aromatic carbocycles. The van der Waals surface area contributed by atoms with Crippen LogP contribution in [0.5, 0.6) is 0 Å². The number of hydrogen-bond donors (Lipinski definition) is 1. The van der Waals surface area contributed by atoms with Crippen LogP contribution in [0, 0.1) is 0 Å². The van der Waals surface area contributed by atoms with Crippen LogP contribution < -0.4 is 5.73 Å². The fourth-order valence-electron chi connectivity index (χ4n) is 1.48. The van der Waals surface area contributed by atoms with Crippen LogP contribution in [0.15, 0.2) is 26.6 Å². The lowest BCUT2D eigenvalue weighted by Crippen LogP contribution is -1.98. The highest BCUT2D eigenvalue weighted by molar-refractivity contribution is 9.11. The Morgan fingerprint density at radius 2 is 2.28 bits per heavy atom. The van der Waals surface area contributed by atoms with Crippen molar-refractivity contribution < 1.29 is 4.52 Å². The van der Waals surface area contributed by atoms with Gasteiger partial charge in [0.1, 0.15) is 11.4 Å². The molecule has 3 aromatic heterocycles. The van der Waals surface area contributed by atoms with Crippen LogP contribution in [0.2, 0.25) is 0 Å². The molecule has 18 heavy (non-hydrogen) atoms. The highest BCUT2D eigenvalue weighted by Crippen LogP contribution is 2.31. The van der Waals surface area contributed by atoms with E-state index < -0.39 is 0 Å². The second-order valence-electron chi connectivity index (χ2n) is 3.59. The van der Waals surface area contributed by atoms with Gasteiger partial charge in [-0.25, -0.2) is 0 Å². The number of nitrogens with two attached hydrogens (primary N) is 1. The molecular weight excluding hydrogens is 318 g/mol. The van der Waals surface area contributed by atoms with Gasteiger partial charge in [-0.2, -0.15) is 10.1 Å². The molecular formula is C10H8BrN5OS. The highest BCUT2D eigenvalue weighted by Gasteiger charge is 2.16. The van der Waals surface area contributed by atoms with Crippen LogP contribution in [-0.4, -0.2) is 19.9 Å². The topological polar surface area (TPSA) is 82.8 Å². The van der Waals surface area contributed by atoms with Crippen LogP contribution >= 0.6 is 27.3 Å². The van der Waals surface area contributed by atoms with E-state index >= 15 is 0 Å². The van der Waals surface area contributed by atoms with Gasteiger partial charge in [0.2, 0.25) is 5.82 Å². The first kappa shape index (κ1) is 11.4. The fraction of sp³-hybridized carbons (Fsp3) is 0.100. The predicted molar refractivity (Wildman–Crippen MR) is 71.9 cm³/mol. The summed E-state index contributed by atoms with van der Waals surface area (Å²) < 4.78 is 7.78. The van der Waals surface area contributed by atoms with E-state index in [1.165, 1.54) is 11.3 Å². The Labute approximate surface area is 115 Å². The van der Waals surface area contributed by atoms with E-state index in [0.717, 1.165) is 8.66 Å². The van der Waals surface area contributed by atoms with Gasteiger partial charge in [-0.3, -0.25) is 4.68 Å². The zero-order chi connectivity index (χ0) is 12.7. The minimum Gasteiger partial charge on any atom is -0.383 e. The van der Waals surface area contributed by atoms with E-state index in [-0.39, 0.29) is 0 Å². The lowest BCUT2D eigenvalue weighted by molar-refractivity contribution is 0.432. The standard InChI is InChI=1S/C10H8BrN5OS/c1-16-8(12)5(4-13-16)10-14-9(15-17-10)6-2-3-7(11)18-6/h2-4H,12H2,1H3. The predicted octanol–water partition coefficient (Wildman–Crippen LogP) is 2.54. The van der Waals surface area contributed by atoms with E-state index in [0.29, 0.717) is 23.1 Å². The normalized spacial score (nSPS) is 11.0. The van der Waals surface area contributed by atoms with Crippen molar-refractivity contribution in [1.82, 2.24) is 19.9 Å². The molecule has 3 aromatic rings. The van der Waals surface area contributed by atoms with E-state index in [9.17, 15) is 0 Å². The number of hydrogen-bond acceptors (Lipinski definition) is 6. The molecule has 3 heterocycles. The Hall–Kier alpha value is -1.67. The summed E-state index contributed by atoms with van der Waals surface area (Å²) in [4.78, 5) is 5.25. The van der Waals surface area contributed by atoms with Crippen LogP contribution in [0.1, 0.15) is 0 Å². The molecule has 2 N–H and O–H groups in total. The minimum atomic E-state index is 0.375. The first-order valence-electron chi connectivity index (χ1n) is 5.02. The Bertz CT molecular complexity index is 701. The van der Waals surface area contributed by atoms with Crippen molar-refractivity contribution in [3.05, 3.63) is 22.1 Å². The molecule has 0 saturated heterocycles. The van der Waals surface area contributed by atoms with Crippen molar-refractivity contribution in [2.75, 3.05) is 5.73 Å². The molecule has 0 amide bonds. The van der Waals surface area contributed by atoms with Gasteiger partial charge in [-0.1, -0.05) is 5.16 Å². The van der Waals surface area contributed by atoms with Gasteiger partial charge in [0.15, 0.2) is 0 Å². The lowest BCUT2D eigenvalue weighted by Gasteiger charge is -1.93. The first-order chi connectivity index (χ1) is 8.65. The third-order valence-electron chi connectivity index (χ3n) is 2.43. The summed E-state index contributed by atoms with van der Waals surface area (Å²) in [6.07, 6.45) is 1.61. The van der Waals surface area contributed by atoms with E-state index in [2.05, 4.69) is 31.2 Å². The van der Waals surface area contributed by atoms with Gasteiger partial charge in [-0.05, 0) is 28.1 Å². The van der Waals surface area contributed by atoms with Gasteiger partial charge in [-0.15, -0.1) is 11.3 Å². The summed E-state index contributed by atoms with van der Waals surface area (Å²) >= 11 is 4.93. The SMILES string of the molecule is Cn1ncc(-c2nc(-c3ccc(Br)s3)no2)c1N. The Morgan fingerprint density at radius 1 is 1.44 bits per heavy atom. The van der Waals surface area contributed by atoms with E-state index in [4.69, 9.17) is 10.3 Å². The fourth-order valence-corrected chi connectivity index (χ4v) is 2.79. The number of nitrogens with zero attached hydrogens (tertiary/aromatic N) is 4. The van der Waals surface area contributed by atoms with Crippen molar-refractivity contribution in [3.63, 3.8) is 0 Å². The smallest absolute Gasteiger partial charge is 0.263 e. The zero-order valence-corrected chi connectivity index (χ0v) is 11.7. The maximum atomic E-state index is 5.85. The van der Waals surface area contributed by atoms with Crippen molar-refractivity contribution in [2.24, 2.45) is 7.05 Å². The molecule has 0 atom stereocenters. The third kappa shape index (κ3) is 1.83. The summed E-state index contributed by atoms with van der Waals surface area (Å²) in [5.41, 5.74) is 6.50. The molecule has 3 rings (SSSR count). The first-order valence-corrected chi connectivity index (χ1v) is 6.63. The average Bonchev–Trinajstić information content (AvgIpc) is 3.02. The Balaban J connectivity index is 2.01. The number of anilines is 1. The Kier molecular flexibility index (Phi) is 2.67. The van der Waals surface area contributed by atoms with E-state index in [1.807, 2.05) is 12.1 Å². The van der Waals surface area contributed by atoms with Crippen molar-refractivity contribution in [3.8, 4) is 22.2 Å². The summed E-state index contributed by atoms with van der Waals surface area (Å²) in [7, 11) is 1.76. The second kappa shape index (κ2) is 4.21. The number of aromatic nitrogens is 4. The van der Waals surface area contributed by atoms with E-state index in [1.54, 1.807) is 17.9 Å². The summed E-state index contributed by atoms with van der Waals surface area (Å²) in [6.45, 7) is 0. The largest absolute Gasteiger partial charge is 0.383 e. The molecule has 0 aliphatic heterocycles. The van der Waals surface area contributed by atoms with Gasteiger partial charge in [0, 0.05) is 7.05 Å². The van der Waals surface area contributed by atoms with Gasteiger partial charge < -0.3 is 10.3 Å². The van der Waals surface area contributed by atoms with Crippen LogP contribution in [0.25, 0.3) is 22.2 Å². The van der Waals surface area contributed by atoms with Crippen molar-refractivity contribution in [2.45, 2.75) is 0 Å². The Morgan fingerprint density at radius 3 is 2.89 bits per heavy atom. The number of thiophene rings is 1. The lowest BCUT2D eigenvalue weighted by atomic mass is 10.3.